The first-order valence-electron chi connectivity index (χ1n) is 12.0. The minimum Gasteiger partial charge on any atom is -0.496 e. The lowest BCUT2D eigenvalue weighted by Gasteiger charge is -2.25. The average molecular weight is 579 g/mol. The Bertz CT molecular complexity index is 1900. The third kappa shape index (κ3) is 4.76. The fourth-order valence-corrected chi connectivity index (χ4v) is 5.89. The molecule has 3 heterocycles. The van der Waals surface area contributed by atoms with Gasteiger partial charge in [0.15, 0.2) is 4.80 Å². The highest BCUT2D eigenvalue weighted by Gasteiger charge is 2.35. The zero-order valence-electron chi connectivity index (χ0n) is 21.9. The van der Waals surface area contributed by atoms with Gasteiger partial charge >= 0.3 is 11.9 Å². The Morgan fingerprint density at radius 1 is 1.12 bits per heavy atom. The minimum absolute atomic E-state index is 0.182. The van der Waals surface area contributed by atoms with Crippen LogP contribution < -0.4 is 19.6 Å². The normalized spacial score (nSPS) is 15.0. The summed E-state index contributed by atoms with van der Waals surface area (Å²) in [6.07, 6.45) is 1.61. The van der Waals surface area contributed by atoms with E-state index in [-0.39, 0.29) is 16.7 Å². The summed E-state index contributed by atoms with van der Waals surface area (Å²) in [5, 5.41) is 9.65. The van der Waals surface area contributed by atoms with Crippen LogP contribution in [0.25, 0.3) is 17.4 Å². The number of allylic oxidation sites excluding steroid dienone is 1. The second kappa shape index (κ2) is 10.6. The fraction of sp³-hybridized carbons (Fsp3) is 0.172. The van der Waals surface area contributed by atoms with E-state index >= 15 is 0 Å². The monoisotopic (exact) mass is 578 g/mol. The highest BCUT2D eigenvalue weighted by molar-refractivity contribution is 7.07. The van der Waals surface area contributed by atoms with E-state index in [0.29, 0.717) is 42.9 Å². The van der Waals surface area contributed by atoms with Crippen molar-refractivity contribution in [3.8, 4) is 17.1 Å². The maximum atomic E-state index is 13.8. The molecule has 2 aromatic heterocycles. The van der Waals surface area contributed by atoms with Crippen molar-refractivity contribution in [1.82, 2.24) is 4.57 Å². The lowest BCUT2D eigenvalue weighted by Crippen LogP contribution is -2.40. The molecule has 1 atom stereocenters. The summed E-state index contributed by atoms with van der Waals surface area (Å²) in [5.41, 5.74) is 2.39. The molecule has 9 nitrogen and oxygen atoms in total. The number of aromatic nitrogens is 1. The Kier molecular flexibility index (Phi) is 7.22. The van der Waals surface area contributed by atoms with Crippen molar-refractivity contribution in [2.24, 2.45) is 4.99 Å². The molecule has 204 valence electrons. The van der Waals surface area contributed by atoms with Crippen LogP contribution in [-0.4, -0.2) is 35.8 Å². The van der Waals surface area contributed by atoms with E-state index in [0.717, 1.165) is 22.5 Å². The number of thiazole rings is 1. The van der Waals surface area contributed by atoms with E-state index < -0.39 is 18.0 Å². The lowest BCUT2D eigenvalue weighted by molar-refractivity contribution is -0.136. The number of aromatic carboxylic acids is 1. The van der Waals surface area contributed by atoms with Gasteiger partial charge in [0.1, 0.15) is 23.3 Å². The predicted molar refractivity (Wildman–Crippen MR) is 150 cm³/mol. The summed E-state index contributed by atoms with van der Waals surface area (Å²) in [4.78, 5) is 42.9. The number of fused-ring (bicyclic) bond motifs is 1. The standard InChI is InChI=1S/C29H23ClN2O7S/c1-14-11-16(27(34)35)5-8-19(14)22-10-7-18(39-22)13-23-26(33)32-25(20-12-17(30)6-9-21(20)37-3)24(28(36)38-4)15(2)31-29(32)40-23/h5-13,25H,1-4H3,(H,34,35)/b23-13-/t25-/m1/s1. The van der Waals surface area contributed by atoms with E-state index in [9.17, 15) is 19.5 Å². The van der Waals surface area contributed by atoms with Crippen LogP contribution in [0.5, 0.6) is 5.75 Å². The summed E-state index contributed by atoms with van der Waals surface area (Å²) in [5.74, 6) is -0.242. The predicted octanol–water partition coefficient (Wildman–Crippen LogP) is 4.34. The summed E-state index contributed by atoms with van der Waals surface area (Å²) >= 11 is 7.47. The largest absolute Gasteiger partial charge is 0.496 e. The fourth-order valence-electron chi connectivity index (χ4n) is 4.68. The molecule has 0 bridgehead atoms. The first kappa shape index (κ1) is 27.2. The molecular formula is C29H23ClN2O7S. The molecule has 0 radical (unpaired) electrons. The van der Waals surface area contributed by atoms with Gasteiger partial charge in [0, 0.05) is 22.2 Å². The van der Waals surface area contributed by atoms with E-state index in [1.54, 1.807) is 62.4 Å². The molecule has 0 saturated heterocycles. The van der Waals surface area contributed by atoms with Gasteiger partial charge in [0.2, 0.25) is 0 Å². The van der Waals surface area contributed by atoms with Crippen molar-refractivity contribution in [3.63, 3.8) is 0 Å². The molecule has 0 aliphatic carbocycles. The van der Waals surface area contributed by atoms with Crippen LogP contribution in [0.1, 0.15) is 40.2 Å². The first-order valence-corrected chi connectivity index (χ1v) is 13.2. The average Bonchev–Trinajstić information content (AvgIpc) is 3.51. The van der Waals surface area contributed by atoms with Gasteiger partial charge in [-0.25, -0.2) is 14.6 Å². The second-order valence-corrected chi connectivity index (χ2v) is 10.4. The van der Waals surface area contributed by atoms with Gasteiger partial charge in [-0.05, 0) is 61.9 Å². The zero-order valence-corrected chi connectivity index (χ0v) is 23.4. The number of esters is 1. The molecule has 4 aromatic rings. The molecule has 0 fully saturated rings. The van der Waals surface area contributed by atoms with E-state index in [1.165, 1.54) is 24.9 Å². The number of furan rings is 1. The van der Waals surface area contributed by atoms with Gasteiger partial charge in [-0.3, -0.25) is 9.36 Å². The van der Waals surface area contributed by atoms with Crippen LogP contribution in [0.4, 0.5) is 0 Å². The first-order chi connectivity index (χ1) is 19.1. The number of rotatable bonds is 6. The Morgan fingerprint density at radius 2 is 1.90 bits per heavy atom. The molecule has 40 heavy (non-hydrogen) atoms. The van der Waals surface area contributed by atoms with Crippen molar-refractivity contribution in [2.45, 2.75) is 19.9 Å². The van der Waals surface area contributed by atoms with Gasteiger partial charge in [0.25, 0.3) is 5.56 Å². The van der Waals surface area contributed by atoms with Gasteiger partial charge in [-0.15, -0.1) is 0 Å². The van der Waals surface area contributed by atoms with Crippen LogP contribution in [0.3, 0.4) is 0 Å². The van der Waals surface area contributed by atoms with Crippen molar-refractivity contribution >= 4 is 41.0 Å². The summed E-state index contributed by atoms with van der Waals surface area (Å²) in [6, 6.07) is 12.3. The summed E-state index contributed by atoms with van der Waals surface area (Å²) in [7, 11) is 2.77. The Labute approximate surface area is 236 Å². The number of carboxylic acid groups (broad SMARTS) is 1. The van der Waals surface area contributed by atoms with Crippen LogP contribution in [-0.2, 0) is 9.53 Å². The van der Waals surface area contributed by atoms with Gasteiger partial charge < -0.3 is 19.0 Å². The molecule has 0 spiro atoms. The summed E-state index contributed by atoms with van der Waals surface area (Å²) in [6.45, 7) is 3.48. The Balaban J connectivity index is 1.65. The van der Waals surface area contributed by atoms with E-state index in [4.69, 9.17) is 25.5 Å². The number of hydrogen-bond donors (Lipinski definition) is 1. The molecule has 1 aliphatic heterocycles. The topological polar surface area (TPSA) is 120 Å². The minimum atomic E-state index is -1.01. The number of halogens is 1. The second-order valence-electron chi connectivity index (χ2n) is 9.00. The molecule has 0 amide bonds. The number of carbonyl (C=O) groups is 2. The quantitative estimate of drug-likeness (QED) is 0.338. The molecule has 2 aromatic carbocycles. The number of carboxylic acids is 1. The number of nitrogens with zero attached hydrogens (tertiary/aromatic N) is 2. The third-order valence-electron chi connectivity index (χ3n) is 6.55. The van der Waals surface area contributed by atoms with E-state index in [1.807, 2.05) is 0 Å². The van der Waals surface area contributed by atoms with Crippen molar-refractivity contribution in [1.29, 1.82) is 0 Å². The highest BCUT2D eigenvalue weighted by Crippen LogP contribution is 2.37. The molecule has 11 heteroatoms. The van der Waals surface area contributed by atoms with E-state index in [2.05, 4.69) is 4.99 Å². The van der Waals surface area contributed by atoms with Crippen molar-refractivity contribution < 1.29 is 28.6 Å². The number of aryl methyl sites for hydroxylation is 1. The number of benzene rings is 2. The highest BCUT2D eigenvalue weighted by atomic mass is 35.5. The van der Waals surface area contributed by atoms with Crippen LogP contribution in [0.2, 0.25) is 5.02 Å². The molecule has 0 saturated carbocycles. The van der Waals surface area contributed by atoms with Crippen LogP contribution >= 0.6 is 22.9 Å². The zero-order chi connectivity index (χ0) is 28.7. The third-order valence-corrected chi connectivity index (χ3v) is 7.77. The lowest BCUT2D eigenvalue weighted by atomic mass is 9.95. The van der Waals surface area contributed by atoms with Gasteiger partial charge in [-0.2, -0.15) is 0 Å². The molecule has 1 aliphatic rings. The Hall–Kier alpha value is -4.41. The molecule has 0 unspecified atom stereocenters. The molecular weight excluding hydrogens is 556 g/mol. The number of carbonyl (C=O) groups excluding carboxylic acids is 1. The Morgan fingerprint density at radius 3 is 2.58 bits per heavy atom. The number of ether oxygens (including phenoxy) is 2. The molecule has 1 N–H and O–H groups in total. The smallest absolute Gasteiger partial charge is 0.338 e. The number of methoxy groups -OCH3 is 2. The van der Waals surface area contributed by atoms with Crippen molar-refractivity contribution in [2.75, 3.05) is 14.2 Å². The SMILES string of the molecule is COC(=O)C1=C(C)N=c2s/c(=C\c3ccc(-c4ccc(C(=O)O)cc4C)o3)c(=O)n2[C@@H]1c1cc(Cl)ccc1OC. The van der Waals surface area contributed by atoms with Gasteiger partial charge in [0.05, 0.1) is 35.6 Å². The number of hydrogen-bond acceptors (Lipinski definition) is 8. The summed E-state index contributed by atoms with van der Waals surface area (Å²) < 4.78 is 18.4. The maximum Gasteiger partial charge on any atom is 0.338 e. The van der Waals surface area contributed by atoms with Gasteiger partial charge in [-0.1, -0.05) is 29.0 Å². The maximum absolute atomic E-state index is 13.8. The van der Waals surface area contributed by atoms with Crippen LogP contribution in [0.15, 0.2) is 74.0 Å². The van der Waals surface area contributed by atoms with Crippen LogP contribution in [0, 0.1) is 6.92 Å². The molecule has 5 rings (SSSR count). The van der Waals surface area contributed by atoms with Crippen molar-refractivity contribution in [3.05, 3.63) is 107 Å².